The molecule has 0 saturated carbocycles. The smallest absolute Gasteiger partial charge is 0.148 e. The van der Waals surface area contributed by atoms with Crippen molar-refractivity contribution in [3.05, 3.63) is 50.8 Å². The Morgan fingerprint density at radius 1 is 1.12 bits per heavy atom. The lowest BCUT2D eigenvalue weighted by atomic mass is 10.2. The number of hydrogen-bond acceptors (Lipinski definition) is 2. The minimum atomic E-state index is -0.403. The van der Waals surface area contributed by atoms with E-state index in [0.717, 1.165) is 3.57 Å². The van der Waals surface area contributed by atoms with Gasteiger partial charge >= 0.3 is 0 Å². The van der Waals surface area contributed by atoms with E-state index in [4.69, 9.17) is 17.3 Å². The molecule has 2 aromatic rings. The summed E-state index contributed by atoms with van der Waals surface area (Å²) in [7, 11) is 0. The maximum Gasteiger partial charge on any atom is 0.148 e. The van der Waals surface area contributed by atoms with Gasteiger partial charge in [0, 0.05) is 9.26 Å². The Labute approximate surface area is 117 Å². The van der Waals surface area contributed by atoms with Gasteiger partial charge < -0.3 is 11.1 Å². The fourth-order valence-corrected chi connectivity index (χ4v) is 2.27. The van der Waals surface area contributed by atoms with Crippen LogP contribution in [0.3, 0.4) is 0 Å². The molecule has 0 aliphatic rings. The summed E-state index contributed by atoms with van der Waals surface area (Å²) < 4.78 is 14.6. The topological polar surface area (TPSA) is 38.0 Å². The highest BCUT2D eigenvalue weighted by molar-refractivity contribution is 14.1. The molecule has 0 spiro atoms. The van der Waals surface area contributed by atoms with Crippen molar-refractivity contribution in [1.82, 2.24) is 0 Å². The van der Waals surface area contributed by atoms with E-state index in [1.54, 1.807) is 24.3 Å². The maximum atomic E-state index is 13.6. The van der Waals surface area contributed by atoms with Crippen molar-refractivity contribution in [1.29, 1.82) is 0 Å². The molecule has 2 aromatic carbocycles. The van der Waals surface area contributed by atoms with Crippen LogP contribution in [0.1, 0.15) is 0 Å². The first kappa shape index (κ1) is 12.4. The summed E-state index contributed by atoms with van der Waals surface area (Å²) in [4.78, 5) is 0. The maximum absolute atomic E-state index is 13.6. The van der Waals surface area contributed by atoms with E-state index < -0.39 is 5.82 Å². The van der Waals surface area contributed by atoms with Gasteiger partial charge in [-0.3, -0.25) is 0 Å². The molecule has 3 N–H and O–H groups in total. The van der Waals surface area contributed by atoms with Crippen LogP contribution in [0.15, 0.2) is 36.4 Å². The Hall–Kier alpha value is -1.01. The van der Waals surface area contributed by atoms with Crippen molar-refractivity contribution in [2.24, 2.45) is 0 Å². The molecular weight excluding hydrogens is 354 g/mol. The average molecular weight is 363 g/mol. The number of nitrogens with two attached hydrogens (primary N) is 1. The molecule has 0 bridgehead atoms. The lowest BCUT2D eigenvalue weighted by Crippen LogP contribution is -1.96. The van der Waals surface area contributed by atoms with Crippen LogP contribution in [0.2, 0.25) is 5.02 Å². The van der Waals surface area contributed by atoms with Crippen LogP contribution in [-0.2, 0) is 0 Å². The first-order valence-corrected chi connectivity index (χ1v) is 6.29. The van der Waals surface area contributed by atoms with E-state index in [2.05, 4.69) is 27.9 Å². The van der Waals surface area contributed by atoms with Gasteiger partial charge in [-0.1, -0.05) is 11.6 Å². The third kappa shape index (κ3) is 3.01. The normalized spacial score (nSPS) is 10.3. The quantitative estimate of drug-likeness (QED) is 0.613. The van der Waals surface area contributed by atoms with E-state index in [1.165, 1.54) is 6.07 Å². The standard InChI is InChI=1S/C12H9ClFIN2/c13-9-5-7(15)1-3-11(9)17-12-4-2-8(16)6-10(12)14/h1-6,17H,16H2. The summed E-state index contributed by atoms with van der Waals surface area (Å²) in [6.45, 7) is 0. The van der Waals surface area contributed by atoms with Crippen LogP contribution >= 0.6 is 34.2 Å². The van der Waals surface area contributed by atoms with Crippen LogP contribution < -0.4 is 11.1 Å². The SMILES string of the molecule is Nc1ccc(Nc2ccc(I)cc2Cl)c(F)c1. The Balaban J connectivity index is 2.31. The molecule has 0 amide bonds. The van der Waals surface area contributed by atoms with Crippen LogP contribution in [-0.4, -0.2) is 0 Å². The molecule has 5 heteroatoms. The largest absolute Gasteiger partial charge is 0.399 e. The van der Waals surface area contributed by atoms with Crippen LogP contribution in [0.5, 0.6) is 0 Å². The van der Waals surface area contributed by atoms with Crippen LogP contribution in [0.25, 0.3) is 0 Å². The lowest BCUT2D eigenvalue weighted by Gasteiger charge is -2.10. The molecular formula is C12H9ClFIN2. The summed E-state index contributed by atoms with van der Waals surface area (Å²) in [5.74, 6) is -0.403. The zero-order valence-electron chi connectivity index (χ0n) is 8.68. The van der Waals surface area contributed by atoms with Crippen molar-refractivity contribution in [3.63, 3.8) is 0 Å². The van der Waals surface area contributed by atoms with E-state index in [9.17, 15) is 4.39 Å². The van der Waals surface area contributed by atoms with Crippen molar-refractivity contribution in [3.8, 4) is 0 Å². The van der Waals surface area contributed by atoms with Crippen molar-refractivity contribution < 1.29 is 4.39 Å². The third-order valence-corrected chi connectivity index (χ3v) is 3.18. The van der Waals surface area contributed by atoms with Gasteiger partial charge in [-0.25, -0.2) is 4.39 Å². The summed E-state index contributed by atoms with van der Waals surface area (Å²) in [6.07, 6.45) is 0. The Bertz CT molecular complexity index is 511. The lowest BCUT2D eigenvalue weighted by molar-refractivity contribution is 0.632. The van der Waals surface area contributed by atoms with E-state index >= 15 is 0 Å². The average Bonchev–Trinajstić information content (AvgIpc) is 2.25. The summed E-state index contributed by atoms with van der Waals surface area (Å²) >= 11 is 8.21. The zero-order chi connectivity index (χ0) is 12.4. The van der Waals surface area contributed by atoms with Crippen LogP contribution in [0.4, 0.5) is 21.5 Å². The Kier molecular flexibility index (Phi) is 3.73. The van der Waals surface area contributed by atoms with Crippen molar-refractivity contribution in [2.45, 2.75) is 0 Å². The highest BCUT2D eigenvalue weighted by Crippen LogP contribution is 2.28. The second-order valence-corrected chi connectivity index (χ2v) is 5.14. The Morgan fingerprint density at radius 3 is 2.47 bits per heavy atom. The molecule has 0 heterocycles. The minimum absolute atomic E-state index is 0.349. The predicted molar refractivity (Wildman–Crippen MR) is 78.3 cm³/mol. The monoisotopic (exact) mass is 362 g/mol. The van der Waals surface area contributed by atoms with E-state index in [0.29, 0.717) is 22.1 Å². The molecule has 0 aliphatic heterocycles. The molecule has 0 unspecified atom stereocenters. The van der Waals surface area contributed by atoms with Gasteiger partial charge in [0.1, 0.15) is 5.82 Å². The number of benzene rings is 2. The summed E-state index contributed by atoms with van der Waals surface area (Å²) in [6, 6.07) is 9.98. The molecule has 0 atom stereocenters. The highest BCUT2D eigenvalue weighted by atomic mass is 127. The first-order chi connectivity index (χ1) is 8.06. The molecule has 2 nitrogen and oxygen atoms in total. The molecule has 0 aromatic heterocycles. The zero-order valence-corrected chi connectivity index (χ0v) is 11.6. The summed E-state index contributed by atoms with van der Waals surface area (Å²) in [5, 5.41) is 3.48. The molecule has 2 rings (SSSR count). The number of halogens is 3. The second kappa shape index (κ2) is 5.10. The molecule has 0 fully saturated rings. The Morgan fingerprint density at radius 2 is 1.82 bits per heavy atom. The second-order valence-electron chi connectivity index (χ2n) is 3.49. The van der Waals surface area contributed by atoms with Gasteiger partial charge in [-0.15, -0.1) is 0 Å². The van der Waals surface area contributed by atoms with Gasteiger partial charge in [-0.05, 0) is 59.0 Å². The molecule has 0 radical (unpaired) electrons. The van der Waals surface area contributed by atoms with E-state index in [-0.39, 0.29) is 0 Å². The summed E-state index contributed by atoms with van der Waals surface area (Å²) in [5.41, 5.74) is 6.88. The number of hydrogen-bond donors (Lipinski definition) is 2. The van der Waals surface area contributed by atoms with E-state index in [1.807, 2.05) is 6.07 Å². The third-order valence-electron chi connectivity index (χ3n) is 2.19. The number of anilines is 3. The van der Waals surface area contributed by atoms with Crippen LogP contribution in [0, 0.1) is 9.39 Å². The fourth-order valence-electron chi connectivity index (χ4n) is 1.37. The minimum Gasteiger partial charge on any atom is -0.399 e. The van der Waals surface area contributed by atoms with Gasteiger partial charge in [-0.2, -0.15) is 0 Å². The van der Waals surface area contributed by atoms with Crippen molar-refractivity contribution in [2.75, 3.05) is 11.1 Å². The van der Waals surface area contributed by atoms with Gasteiger partial charge in [0.25, 0.3) is 0 Å². The molecule has 17 heavy (non-hydrogen) atoms. The molecule has 88 valence electrons. The van der Waals surface area contributed by atoms with Crippen molar-refractivity contribution >= 4 is 51.3 Å². The first-order valence-electron chi connectivity index (χ1n) is 4.83. The fraction of sp³-hybridized carbons (Fsp3) is 0. The number of nitrogens with one attached hydrogen (secondary N) is 1. The number of nitrogen functional groups attached to an aromatic ring is 1. The molecule has 0 aliphatic carbocycles. The van der Waals surface area contributed by atoms with Gasteiger partial charge in [0.2, 0.25) is 0 Å². The predicted octanol–water partition coefficient (Wildman–Crippen LogP) is 4.41. The molecule has 0 saturated heterocycles. The van der Waals surface area contributed by atoms with Gasteiger partial charge in [0.15, 0.2) is 0 Å². The van der Waals surface area contributed by atoms with Gasteiger partial charge in [0.05, 0.1) is 16.4 Å². The number of rotatable bonds is 2. The highest BCUT2D eigenvalue weighted by Gasteiger charge is 2.05.